The van der Waals surface area contributed by atoms with Crippen molar-refractivity contribution in [2.24, 2.45) is 0 Å². The van der Waals surface area contributed by atoms with Gasteiger partial charge in [-0.2, -0.15) is 0 Å². The van der Waals surface area contributed by atoms with E-state index < -0.39 is 0 Å². The monoisotopic (exact) mass is 1930 g/mol. The molecule has 0 bridgehead atoms. The minimum atomic E-state index is 0.904. The number of fused-ring (bicyclic) bond motifs is 21. The van der Waals surface area contributed by atoms with Crippen LogP contribution in [0.25, 0.3) is 285 Å². The van der Waals surface area contributed by atoms with Gasteiger partial charge < -0.3 is 9.40 Å². The van der Waals surface area contributed by atoms with Crippen LogP contribution >= 0.6 is 90.7 Å². The molecular weight excluding hydrogens is 1850 g/mol. The highest BCUT2D eigenvalue weighted by molar-refractivity contribution is 7.38. The number of aromatic nitrogens is 3. The average molecular weight is 1930 g/mol. The Balaban J connectivity index is 0.000000103. The molecule has 4 nitrogen and oxygen atoms in total. The number of para-hydroxylation sites is 2. The molecule has 0 saturated carbocycles. The molecule has 30 rings (SSSR count). The highest BCUT2D eigenvalue weighted by Gasteiger charge is 2.21. The van der Waals surface area contributed by atoms with Gasteiger partial charge in [0.1, 0.15) is 11.3 Å². The van der Waals surface area contributed by atoms with Gasteiger partial charge in [-0.05, 0) is 232 Å². The summed E-state index contributed by atoms with van der Waals surface area (Å²) in [4.78, 5) is 15.2. The zero-order valence-electron chi connectivity index (χ0n) is 74.8. The fourth-order valence-corrected chi connectivity index (χ4v) is 30.3. The predicted octanol–water partition coefficient (Wildman–Crippen LogP) is 40.6. The molecule has 18 aromatic carbocycles. The zero-order valence-corrected chi connectivity index (χ0v) is 81.3. The predicted molar refractivity (Wildman–Crippen MR) is 612 cm³/mol. The normalized spacial score (nSPS) is 11.9. The van der Waals surface area contributed by atoms with Gasteiger partial charge in [-0.1, -0.05) is 322 Å². The lowest BCUT2D eigenvalue weighted by Crippen LogP contribution is -1.83. The van der Waals surface area contributed by atoms with Gasteiger partial charge in [-0.25, -0.2) is 0 Å². The maximum Gasteiger partial charge on any atom is 0.135 e. The average Bonchev–Trinajstić information content (AvgIpc) is 1.59. The number of nitrogens with one attached hydrogen (secondary N) is 1. The third-order valence-electron chi connectivity index (χ3n) is 27.4. The number of benzene rings is 18. The van der Waals surface area contributed by atoms with Gasteiger partial charge in [-0.3, -0.25) is 9.97 Å². The van der Waals surface area contributed by atoms with Crippen molar-refractivity contribution in [1.29, 1.82) is 0 Å². The fourth-order valence-electron chi connectivity index (χ4n) is 20.0. The van der Waals surface area contributed by atoms with E-state index in [2.05, 4.69) is 421 Å². The molecule has 12 heterocycles. The van der Waals surface area contributed by atoms with E-state index >= 15 is 0 Å². The number of thiophene rings is 8. The number of hydrogen-bond acceptors (Lipinski definition) is 11. The summed E-state index contributed by atoms with van der Waals surface area (Å²) in [6, 6.07) is 159. The maximum absolute atomic E-state index is 6.08. The van der Waals surface area contributed by atoms with Gasteiger partial charge in [0.2, 0.25) is 0 Å². The van der Waals surface area contributed by atoms with E-state index in [1.807, 2.05) is 133 Å². The van der Waals surface area contributed by atoms with Gasteiger partial charge in [0.15, 0.2) is 0 Å². The number of nitrogens with zero attached hydrogens (tertiary/aromatic N) is 2. The summed E-state index contributed by atoms with van der Waals surface area (Å²) in [5.74, 6) is 0.904. The van der Waals surface area contributed by atoms with E-state index in [1.54, 1.807) is 0 Å². The van der Waals surface area contributed by atoms with Crippen molar-refractivity contribution < 1.29 is 4.42 Å². The maximum atomic E-state index is 6.08. The Morgan fingerprint density at radius 3 is 0.886 bits per heavy atom. The zero-order chi connectivity index (χ0) is 92.0. The summed E-state index contributed by atoms with van der Waals surface area (Å²) in [5, 5.41) is 15.4. The summed E-state index contributed by atoms with van der Waals surface area (Å²) in [5.41, 5.74) is 29.9. The van der Waals surface area contributed by atoms with Gasteiger partial charge >= 0.3 is 0 Å². The van der Waals surface area contributed by atoms with Crippen LogP contribution in [0.1, 0.15) is 0 Å². The van der Waals surface area contributed by atoms with Crippen LogP contribution in [0.2, 0.25) is 0 Å². The Hall–Kier alpha value is -15.7. The van der Waals surface area contributed by atoms with Crippen LogP contribution in [0.4, 0.5) is 0 Å². The van der Waals surface area contributed by atoms with Gasteiger partial charge in [0, 0.05) is 130 Å². The molecule has 30 aromatic rings. The second-order valence-corrected chi connectivity index (χ2v) is 44.3. The second kappa shape index (κ2) is 34.2. The van der Waals surface area contributed by atoms with Gasteiger partial charge in [0.05, 0.1) is 39.2 Å². The Morgan fingerprint density at radius 2 is 0.486 bits per heavy atom. The summed E-state index contributed by atoms with van der Waals surface area (Å²) >= 11 is 15.2. The molecule has 0 aliphatic rings. The first-order chi connectivity index (χ1) is 69.2. The van der Waals surface area contributed by atoms with Crippen molar-refractivity contribution in [3.8, 4) is 132 Å². The first kappa shape index (κ1) is 82.6. The molecule has 12 heteroatoms. The molecule has 0 aliphatic heterocycles. The molecule has 140 heavy (non-hydrogen) atoms. The Labute approximate surface area is 836 Å². The Kier molecular flexibility index (Phi) is 20.2. The molecule has 0 fully saturated rings. The van der Waals surface area contributed by atoms with Crippen LogP contribution in [-0.2, 0) is 0 Å². The third kappa shape index (κ3) is 15.0. The van der Waals surface area contributed by atoms with E-state index in [-0.39, 0.29) is 0 Å². The molecule has 0 amide bonds. The number of H-pyrrole nitrogens is 1. The van der Waals surface area contributed by atoms with E-state index in [9.17, 15) is 0 Å². The molecule has 0 spiro atoms. The lowest BCUT2D eigenvalue weighted by atomic mass is 9.99. The number of rotatable bonds is 12. The van der Waals surface area contributed by atoms with Crippen LogP contribution in [0, 0.1) is 0 Å². The third-order valence-corrected chi connectivity index (χ3v) is 37.2. The van der Waals surface area contributed by atoms with Crippen molar-refractivity contribution in [2.75, 3.05) is 0 Å². The molecule has 0 aliphatic carbocycles. The molecular formula is C128H75N3OS8. The molecule has 0 saturated heterocycles. The van der Waals surface area contributed by atoms with Crippen LogP contribution in [-0.4, -0.2) is 15.0 Å². The molecule has 0 atom stereocenters. The standard InChI is InChI=1S/C44H26N2S2.C42H25NS3.C42H24OS3/c1-3-31-13-14-33(24-40(31)46-22-1)28-7-11-30(12-8-28)35-16-19-38-42(26-35)48-43-37-18-15-34(25-41(37)47-44(38)43)29-9-5-27(6-10-29)32-17-20-39-36(23-32)4-2-21-45-39;2*1-3-7-35-31(5-1)21-36(43-35)27-13-9-25(10-14-27)29-17-19-33-39(22-29)45-42-34-20-18-30(23-40(34)46-41(33)42)26-11-15-28(16-12-26)38-24-32-6-2-4-8-37(32)44-38/h1-26H;1-24,43H;1-24H. The van der Waals surface area contributed by atoms with E-state index in [0.717, 1.165) is 49.8 Å². The van der Waals surface area contributed by atoms with Crippen molar-refractivity contribution >= 4 is 243 Å². The van der Waals surface area contributed by atoms with Crippen molar-refractivity contribution in [3.05, 3.63) is 449 Å². The first-order valence-corrected chi connectivity index (χ1v) is 53.3. The lowest BCUT2D eigenvalue weighted by molar-refractivity contribution is 0.631. The lowest BCUT2D eigenvalue weighted by Gasteiger charge is -2.07. The number of pyridine rings is 2. The van der Waals surface area contributed by atoms with Crippen LogP contribution in [0.3, 0.4) is 0 Å². The number of aromatic amines is 1. The van der Waals surface area contributed by atoms with Crippen LogP contribution in [0.15, 0.2) is 454 Å². The highest BCUT2D eigenvalue weighted by Crippen LogP contribution is 2.52. The first-order valence-electron chi connectivity index (χ1n) is 46.7. The highest BCUT2D eigenvalue weighted by atomic mass is 32.1. The summed E-state index contributed by atoms with van der Waals surface area (Å²) < 4.78 is 25.2. The molecule has 0 unspecified atom stereocenters. The van der Waals surface area contributed by atoms with Crippen LogP contribution in [0.5, 0.6) is 0 Å². The molecule has 0 radical (unpaired) electrons. The Bertz CT molecular complexity index is 9040. The minimum absolute atomic E-state index is 0.904. The van der Waals surface area contributed by atoms with E-state index in [1.165, 1.54) is 235 Å². The summed E-state index contributed by atoms with van der Waals surface area (Å²) in [6.07, 6.45) is 3.70. The van der Waals surface area contributed by atoms with Crippen molar-refractivity contribution in [1.82, 2.24) is 15.0 Å². The fraction of sp³-hybridized carbons (Fsp3) is 0. The van der Waals surface area contributed by atoms with Crippen LogP contribution < -0.4 is 0 Å². The number of furan rings is 1. The second-order valence-electron chi connectivity index (χ2n) is 35.9. The molecule has 656 valence electrons. The molecule has 12 aromatic heterocycles. The van der Waals surface area contributed by atoms with E-state index in [0.29, 0.717) is 0 Å². The minimum Gasteiger partial charge on any atom is -0.456 e. The van der Waals surface area contributed by atoms with Gasteiger partial charge in [-0.15, -0.1) is 90.7 Å². The van der Waals surface area contributed by atoms with Crippen molar-refractivity contribution in [2.45, 2.75) is 0 Å². The quantitative estimate of drug-likeness (QED) is 0.133. The molecule has 1 N–H and O–H groups in total. The topological polar surface area (TPSA) is 54.7 Å². The Morgan fingerprint density at radius 1 is 0.179 bits per heavy atom. The SMILES string of the molecule is c1ccc2[nH]c(-c3ccc(-c4ccc5c(c4)sc4c6ccc(-c7ccc(-c8cc9ccccc9s8)cc7)cc6sc54)cc3)cc2c1.c1ccc2oc(-c3ccc(-c4ccc5c(c4)sc4c6ccc(-c7ccc(-c8cc9ccccc9s8)cc7)cc6sc54)cc3)cc2c1.c1cnc2ccc(-c3ccc(-c4ccc5c(c4)sc4c6ccc(-c7ccc(-c8ccc9cccnc9c8)cc7)cc6sc54)cc3)cc2c1. The number of hydrogen-bond donors (Lipinski definition) is 1. The van der Waals surface area contributed by atoms with Crippen molar-refractivity contribution in [3.63, 3.8) is 0 Å². The van der Waals surface area contributed by atoms with E-state index in [4.69, 9.17) is 4.42 Å². The largest absolute Gasteiger partial charge is 0.456 e. The summed E-state index contributed by atoms with van der Waals surface area (Å²) in [7, 11) is 0. The smallest absolute Gasteiger partial charge is 0.135 e. The summed E-state index contributed by atoms with van der Waals surface area (Å²) in [6.45, 7) is 0. The van der Waals surface area contributed by atoms with Gasteiger partial charge in [0.25, 0.3) is 0 Å².